The Balaban J connectivity index is 1.20. The number of ether oxygens (including phenoxy) is 2. The molecule has 1 aromatic heterocycles. The van der Waals surface area contributed by atoms with E-state index in [9.17, 15) is 22.0 Å². The van der Waals surface area contributed by atoms with E-state index in [1.807, 2.05) is 11.6 Å². The van der Waals surface area contributed by atoms with Gasteiger partial charge in [-0.15, -0.1) is 0 Å². The van der Waals surface area contributed by atoms with Gasteiger partial charge in [-0.1, -0.05) is 6.92 Å². The normalized spacial score (nSPS) is 19.5. The molecule has 0 spiro atoms. The van der Waals surface area contributed by atoms with Gasteiger partial charge in [-0.25, -0.2) is 9.11 Å². The van der Waals surface area contributed by atoms with Gasteiger partial charge in [0.2, 0.25) is 5.82 Å². The Morgan fingerprint density at radius 2 is 1.77 bits per heavy atom. The van der Waals surface area contributed by atoms with Crippen LogP contribution in [-0.4, -0.2) is 67.8 Å². The van der Waals surface area contributed by atoms with Crippen molar-refractivity contribution in [2.75, 3.05) is 39.3 Å². The number of carbonyl (C=O) groups excluding carboxylic acids is 1. The van der Waals surface area contributed by atoms with E-state index in [0.717, 1.165) is 23.0 Å². The Kier molecular flexibility index (Phi) is 8.34. The number of nitrogens with zero attached hydrogens (tertiary/aromatic N) is 3. The molecule has 0 bridgehead atoms. The minimum Gasteiger partial charge on any atom is -0.492 e. The predicted molar refractivity (Wildman–Crippen MR) is 140 cm³/mol. The Labute approximate surface area is 227 Å². The molecule has 5 rings (SSSR count). The molecule has 12 heteroatoms. The lowest BCUT2D eigenvalue weighted by Crippen LogP contribution is -2.53. The van der Waals surface area contributed by atoms with Crippen LogP contribution in [0.4, 0.5) is 8.78 Å². The van der Waals surface area contributed by atoms with Gasteiger partial charge in [-0.05, 0) is 68.2 Å². The third kappa shape index (κ3) is 7.03. The van der Waals surface area contributed by atoms with Crippen LogP contribution in [0.15, 0.2) is 30.5 Å². The van der Waals surface area contributed by atoms with E-state index >= 15 is 0 Å². The molecular formula is C27H34F2N4O5S. The summed E-state index contributed by atoms with van der Waals surface area (Å²) in [5.41, 5.74) is -0.208. The SMILES string of the molecule is CC[C@@H](Oc1ccc(C(=O)NS(=O)(=O)N2CCN(CC3CC3)CC2)c(F)c1F)c1ccc(OCC2CC2)cn1. The van der Waals surface area contributed by atoms with E-state index in [1.54, 1.807) is 18.3 Å². The quantitative estimate of drug-likeness (QED) is 0.420. The summed E-state index contributed by atoms with van der Waals surface area (Å²) in [6.07, 6.45) is 6.08. The molecule has 39 heavy (non-hydrogen) atoms. The number of benzene rings is 1. The molecule has 3 fully saturated rings. The monoisotopic (exact) mass is 564 g/mol. The molecule has 1 amide bonds. The summed E-state index contributed by atoms with van der Waals surface area (Å²) in [6.45, 7) is 4.98. The minimum absolute atomic E-state index is 0.221. The number of rotatable bonds is 12. The number of amides is 1. The van der Waals surface area contributed by atoms with Gasteiger partial charge in [0.15, 0.2) is 11.6 Å². The number of hydrogen-bond donors (Lipinski definition) is 1. The van der Waals surface area contributed by atoms with Gasteiger partial charge < -0.3 is 14.4 Å². The summed E-state index contributed by atoms with van der Waals surface area (Å²) < 4.78 is 69.7. The van der Waals surface area contributed by atoms with E-state index in [2.05, 4.69) is 9.88 Å². The van der Waals surface area contributed by atoms with E-state index in [0.29, 0.717) is 49.4 Å². The maximum Gasteiger partial charge on any atom is 0.304 e. The fourth-order valence-electron chi connectivity index (χ4n) is 4.53. The molecule has 1 aliphatic heterocycles. The van der Waals surface area contributed by atoms with Crippen molar-refractivity contribution in [1.29, 1.82) is 0 Å². The summed E-state index contributed by atoms with van der Waals surface area (Å²) in [4.78, 5) is 19.2. The van der Waals surface area contributed by atoms with Crippen LogP contribution in [0.25, 0.3) is 0 Å². The second-order valence-corrected chi connectivity index (χ2v) is 12.2. The molecule has 2 aromatic rings. The van der Waals surface area contributed by atoms with Crippen molar-refractivity contribution >= 4 is 16.1 Å². The van der Waals surface area contributed by atoms with E-state index in [4.69, 9.17) is 9.47 Å². The number of nitrogens with one attached hydrogen (secondary N) is 1. The number of carbonyl (C=O) groups is 1. The summed E-state index contributed by atoms with van der Waals surface area (Å²) in [7, 11) is -4.21. The molecule has 1 N–H and O–H groups in total. The number of halogens is 2. The van der Waals surface area contributed by atoms with Gasteiger partial charge in [0.25, 0.3) is 5.91 Å². The highest BCUT2D eigenvalue weighted by molar-refractivity contribution is 7.87. The first-order valence-electron chi connectivity index (χ1n) is 13.5. The van der Waals surface area contributed by atoms with Gasteiger partial charge in [0, 0.05) is 32.7 Å². The molecule has 2 aliphatic carbocycles. The second-order valence-electron chi connectivity index (χ2n) is 10.5. The van der Waals surface area contributed by atoms with Crippen LogP contribution in [0.5, 0.6) is 11.5 Å². The first-order valence-corrected chi connectivity index (χ1v) is 15.0. The smallest absolute Gasteiger partial charge is 0.304 e. The van der Waals surface area contributed by atoms with Crippen LogP contribution >= 0.6 is 0 Å². The highest BCUT2D eigenvalue weighted by Crippen LogP contribution is 2.32. The summed E-state index contributed by atoms with van der Waals surface area (Å²) in [5.74, 6) is -2.58. The molecule has 2 heterocycles. The minimum atomic E-state index is -4.21. The Hall–Kier alpha value is -2.83. The van der Waals surface area contributed by atoms with E-state index in [-0.39, 0.29) is 13.1 Å². The highest BCUT2D eigenvalue weighted by Gasteiger charge is 2.32. The van der Waals surface area contributed by atoms with Crippen LogP contribution in [0, 0.1) is 23.5 Å². The topological polar surface area (TPSA) is 101 Å². The molecule has 3 aliphatic rings. The lowest BCUT2D eigenvalue weighted by atomic mass is 10.1. The molecule has 1 atom stereocenters. The summed E-state index contributed by atoms with van der Waals surface area (Å²) >= 11 is 0. The zero-order valence-electron chi connectivity index (χ0n) is 21.9. The first-order chi connectivity index (χ1) is 18.7. The molecular weight excluding hydrogens is 530 g/mol. The third-order valence-corrected chi connectivity index (χ3v) is 8.80. The molecule has 1 aromatic carbocycles. The summed E-state index contributed by atoms with van der Waals surface area (Å²) in [6, 6.07) is 5.60. The first kappa shape index (κ1) is 27.7. The van der Waals surface area contributed by atoms with Crippen molar-refractivity contribution in [3.63, 3.8) is 0 Å². The third-order valence-electron chi connectivity index (χ3n) is 7.31. The molecule has 212 valence electrons. The van der Waals surface area contributed by atoms with Gasteiger partial charge in [-0.2, -0.15) is 17.1 Å². The van der Waals surface area contributed by atoms with E-state index < -0.39 is 45.2 Å². The van der Waals surface area contributed by atoms with Crippen molar-refractivity contribution in [3.05, 3.63) is 53.4 Å². The summed E-state index contributed by atoms with van der Waals surface area (Å²) in [5, 5.41) is 0. The molecule has 2 saturated carbocycles. The van der Waals surface area contributed by atoms with Gasteiger partial charge in [-0.3, -0.25) is 9.78 Å². The number of piperazine rings is 1. The lowest BCUT2D eigenvalue weighted by molar-refractivity contribution is 0.0971. The largest absolute Gasteiger partial charge is 0.492 e. The predicted octanol–water partition coefficient (Wildman–Crippen LogP) is 3.68. The average Bonchev–Trinajstić information content (AvgIpc) is 3.85. The Morgan fingerprint density at radius 1 is 1.05 bits per heavy atom. The number of pyridine rings is 1. The Bertz CT molecular complexity index is 1280. The maximum atomic E-state index is 14.9. The molecule has 1 saturated heterocycles. The maximum absolute atomic E-state index is 14.9. The lowest BCUT2D eigenvalue weighted by Gasteiger charge is -2.33. The second kappa shape index (κ2) is 11.7. The highest BCUT2D eigenvalue weighted by atomic mass is 32.2. The standard InChI is InChI=1S/C27H34F2N4O5S/c1-2-23(22-9-7-20(15-30-22)37-17-19-5-6-19)38-24-10-8-21(25(28)26(24)29)27(34)31-39(35,36)33-13-11-32(12-14-33)16-18-3-4-18/h7-10,15,18-19,23H,2-6,11-14,16-17H2,1H3,(H,31,34)/t23-/m1/s1. The van der Waals surface area contributed by atoms with Gasteiger partial charge >= 0.3 is 10.2 Å². The van der Waals surface area contributed by atoms with Gasteiger partial charge in [0.1, 0.15) is 11.9 Å². The van der Waals surface area contributed by atoms with Crippen molar-refractivity contribution in [2.24, 2.45) is 11.8 Å². The molecule has 0 unspecified atom stereocenters. The van der Waals surface area contributed by atoms with Crippen molar-refractivity contribution in [2.45, 2.75) is 45.1 Å². The zero-order chi connectivity index (χ0) is 27.6. The molecule has 9 nitrogen and oxygen atoms in total. The van der Waals surface area contributed by atoms with Gasteiger partial charge in [0.05, 0.1) is 24.1 Å². The van der Waals surface area contributed by atoms with E-state index in [1.165, 1.54) is 25.7 Å². The van der Waals surface area contributed by atoms with Crippen LogP contribution in [0.1, 0.15) is 61.2 Å². The van der Waals surface area contributed by atoms with Crippen molar-refractivity contribution in [3.8, 4) is 11.5 Å². The zero-order valence-corrected chi connectivity index (χ0v) is 22.8. The Morgan fingerprint density at radius 3 is 2.38 bits per heavy atom. The fraction of sp³-hybridized carbons (Fsp3) is 0.556. The van der Waals surface area contributed by atoms with Crippen LogP contribution in [0.2, 0.25) is 0 Å². The fourth-order valence-corrected chi connectivity index (χ4v) is 5.64. The van der Waals surface area contributed by atoms with Crippen molar-refractivity contribution < 1.29 is 31.5 Å². The average molecular weight is 565 g/mol. The van der Waals surface area contributed by atoms with Crippen LogP contribution in [-0.2, 0) is 10.2 Å². The number of hydrogen-bond acceptors (Lipinski definition) is 7. The molecule has 0 radical (unpaired) electrons. The van der Waals surface area contributed by atoms with Crippen LogP contribution < -0.4 is 14.2 Å². The number of aromatic nitrogens is 1. The van der Waals surface area contributed by atoms with Crippen molar-refractivity contribution in [1.82, 2.24) is 18.9 Å². The van der Waals surface area contributed by atoms with Crippen LogP contribution in [0.3, 0.4) is 0 Å².